The molecule has 0 aliphatic carbocycles. The van der Waals surface area contributed by atoms with Crippen LogP contribution in [0.1, 0.15) is 6.92 Å². The van der Waals surface area contributed by atoms with E-state index in [0.717, 1.165) is 12.0 Å². The van der Waals surface area contributed by atoms with Crippen LogP contribution in [-0.2, 0) is 14.2 Å². The van der Waals surface area contributed by atoms with Crippen LogP contribution in [0.2, 0.25) is 0 Å². The van der Waals surface area contributed by atoms with Crippen molar-refractivity contribution in [2.75, 3.05) is 5.32 Å². The Labute approximate surface area is 96.2 Å². The van der Waals surface area contributed by atoms with E-state index < -0.39 is 0 Å². The van der Waals surface area contributed by atoms with Gasteiger partial charge in [-0.1, -0.05) is 5.04 Å². The van der Waals surface area contributed by atoms with E-state index in [1.807, 2.05) is 0 Å². The standard InChI is InChI=1S/C8H9NO4S2/c1-5(10)9-6-2-7(14)4-8(3-6)15-13-12-11/h2-4,11,14H,1H3,(H,9,10). The molecule has 1 aromatic carbocycles. The molecular formula is C8H9NO4S2. The van der Waals surface area contributed by atoms with Crippen molar-refractivity contribution in [3.63, 3.8) is 0 Å². The van der Waals surface area contributed by atoms with Crippen LogP contribution in [0, 0.1) is 0 Å². The van der Waals surface area contributed by atoms with Crippen LogP contribution >= 0.6 is 24.7 Å². The van der Waals surface area contributed by atoms with E-state index in [1.165, 1.54) is 6.92 Å². The zero-order valence-corrected chi connectivity index (χ0v) is 9.47. The lowest BCUT2D eigenvalue weighted by atomic mass is 10.3. The monoisotopic (exact) mass is 247 g/mol. The molecule has 0 fully saturated rings. The molecular weight excluding hydrogens is 238 g/mol. The van der Waals surface area contributed by atoms with Gasteiger partial charge in [-0.25, -0.2) is 5.26 Å². The summed E-state index contributed by atoms with van der Waals surface area (Å²) in [5.74, 6) is -0.177. The summed E-state index contributed by atoms with van der Waals surface area (Å²) in [6.07, 6.45) is 0. The van der Waals surface area contributed by atoms with Crippen molar-refractivity contribution in [2.24, 2.45) is 0 Å². The summed E-state index contributed by atoms with van der Waals surface area (Å²) in [5, 5.41) is 14.0. The normalized spacial score (nSPS) is 10.1. The van der Waals surface area contributed by atoms with Gasteiger partial charge in [-0.2, -0.15) is 0 Å². The predicted molar refractivity (Wildman–Crippen MR) is 58.7 cm³/mol. The van der Waals surface area contributed by atoms with Gasteiger partial charge >= 0.3 is 0 Å². The van der Waals surface area contributed by atoms with Crippen LogP contribution in [0.3, 0.4) is 0 Å². The van der Waals surface area contributed by atoms with Gasteiger partial charge in [0.1, 0.15) is 0 Å². The number of carbonyl (C=O) groups is 1. The fourth-order valence-corrected chi connectivity index (χ4v) is 1.79. The van der Waals surface area contributed by atoms with E-state index in [-0.39, 0.29) is 5.91 Å². The Morgan fingerprint density at radius 3 is 2.87 bits per heavy atom. The third kappa shape index (κ3) is 4.54. The fraction of sp³-hybridized carbons (Fsp3) is 0.125. The van der Waals surface area contributed by atoms with Crippen LogP contribution in [0.25, 0.3) is 0 Å². The first-order chi connectivity index (χ1) is 7.11. The molecule has 0 unspecified atom stereocenters. The van der Waals surface area contributed by atoms with Gasteiger partial charge in [0.2, 0.25) is 5.91 Å². The first-order valence-electron chi connectivity index (χ1n) is 3.88. The molecule has 0 aliphatic heterocycles. The molecule has 1 rings (SSSR count). The van der Waals surface area contributed by atoms with E-state index in [2.05, 4.69) is 27.3 Å². The molecule has 0 saturated heterocycles. The van der Waals surface area contributed by atoms with Gasteiger partial charge in [0.25, 0.3) is 0 Å². The van der Waals surface area contributed by atoms with Gasteiger partial charge in [-0.3, -0.25) is 4.79 Å². The molecule has 7 heteroatoms. The van der Waals surface area contributed by atoms with Gasteiger partial charge in [0.05, 0.1) is 12.0 Å². The molecule has 1 aromatic rings. The lowest BCUT2D eigenvalue weighted by Gasteiger charge is -2.05. The number of anilines is 1. The van der Waals surface area contributed by atoms with Crippen LogP contribution in [0.5, 0.6) is 0 Å². The highest BCUT2D eigenvalue weighted by molar-refractivity contribution is 7.94. The number of thiol groups is 1. The Hall–Kier alpha value is -0.730. The number of hydrogen-bond acceptors (Lipinski definition) is 6. The lowest BCUT2D eigenvalue weighted by molar-refractivity contribution is -0.432. The van der Waals surface area contributed by atoms with Crippen molar-refractivity contribution in [3.05, 3.63) is 18.2 Å². The number of rotatable bonds is 4. The quantitative estimate of drug-likeness (QED) is 0.330. The minimum Gasteiger partial charge on any atom is -0.326 e. The minimum absolute atomic E-state index is 0.177. The number of amides is 1. The van der Waals surface area contributed by atoms with Crippen LogP contribution in [0.15, 0.2) is 28.0 Å². The number of nitrogens with one attached hydrogen (secondary N) is 1. The maximum Gasteiger partial charge on any atom is 0.221 e. The van der Waals surface area contributed by atoms with Crippen molar-refractivity contribution in [1.29, 1.82) is 0 Å². The summed E-state index contributed by atoms with van der Waals surface area (Å²) in [6.45, 7) is 1.41. The third-order valence-electron chi connectivity index (χ3n) is 1.37. The van der Waals surface area contributed by atoms with Gasteiger partial charge in [-0.05, 0) is 18.2 Å². The molecule has 82 valence electrons. The van der Waals surface area contributed by atoms with E-state index >= 15 is 0 Å². The second-order valence-electron chi connectivity index (χ2n) is 2.62. The van der Waals surface area contributed by atoms with Gasteiger partial charge in [0, 0.05) is 22.4 Å². The molecule has 0 bridgehead atoms. The largest absolute Gasteiger partial charge is 0.326 e. The molecule has 0 heterocycles. The predicted octanol–water partition coefficient (Wildman–Crippen LogP) is 2.36. The summed E-state index contributed by atoms with van der Waals surface area (Å²) in [4.78, 5) is 12.1. The van der Waals surface area contributed by atoms with Crippen molar-refractivity contribution in [3.8, 4) is 0 Å². The van der Waals surface area contributed by atoms with Crippen molar-refractivity contribution in [2.45, 2.75) is 16.7 Å². The molecule has 15 heavy (non-hydrogen) atoms. The Morgan fingerprint density at radius 2 is 2.27 bits per heavy atom. The summed E-state index contributed by atoms with van der Waals surface area (Å²) >= 11 is 4.95. The van der Waals surface area contributed by atoms with Gasteiger partial charge < -0.3 is 5.32 Å². The topological polar surface area (TPSA) is 67.8 Å². The molecule has 0 spiro atoms. The Morgan fingerprint density at radius 1 is 1.53 bits per heavy atom. The third-order valence-corrected chi connectivity index (χ3v) is 2.19. The van der Waals surface area contributed by atoms with Crippen molar-refractivity contribution >= 4 is 36.3 Å². The van der Waals surface area contributed by atoms with Gasteiger partial charge in [0.15, 0.2) is 0 Å². The average Bonchev–Trinajstić information content (AvgIpc) is 2.12. The number of carbonyl (C=O) groups excluding carboxylic acids is 1. The van der Waals surface area contributed by atoms with E-state index in [0.29, 0.717) is 15.5 Å². The molecule has 2 N–H and O–H groups in total. The minimum atomic E-state index is -0.177. The Kier molecular flexibility index (Phi) is 4.92. The smallest absolute Gasteiger partial charge is 0.221 e. The molecule has 0 aromatic heterocycles. The van der Waals surface area contributed by atoms with E-state index in [4.69, 9.17) is 5.26 Å². The van der Waals surface area contributed by atoms with Crippen LogP contribution < -0.4 is 5.32 Å². The molecule has 0 atom stereocenters. The maximum atomic E-state index is 10.8. The van der Waals surface area contributed by atoms with Crippen molar-refractivity contribution in [1.82, 2.24) is 0 Å². The zero-order valence-electron chi connectivity index (χ0n) is 7.76. The maximum absolute atomic E-state index is 10.8. The second kappa shape index (κ2) is 5.99. The average molecular weight is 247 g/mol. The Balaban J connectivity index is 2.79. The zero-order chi connectivity index (χ0) is 11.3. The van der Waals surface area contributed by atoms with E-state index in [1.54, 1.807) is 18.2 Å². The first-order valence-corrected chi connectivity index (χ1v) is 5.07. The summed E-state index contributed by atoms with van der Waals surface area (Å²) in [5.41, 5.74) is 0.596. The summed E-state index contributed by atoms with van der Waals surface area (Å²) < 4.78 is 4.26. The molecule has 1 amide bonds. The number of hydrogen-bond donors (Lipinski definition) is 3. The molecule has 0 saturated carbocycles. The fourth-order valence-electron chi connectivity index (χ4n) is 0.961. The highest BCUT2D eigenvalue weighted by Crippen LogP contribution is 2.26. The number of benzene rings is 1. The van der Waals surface area contributed by atoms with Crippen LogP contribution in [-0.4, -0.2) is 11.2 Å². The van der Waals surface area contributed by atoms with Crippen LogP contribution in [0.4, 0.5) is 5.69 Å². The SMILES string of the molecule is CC(=O)Nc1cc(S)cc(SOOO)c1. The highest BCUT2D eigenvalue weighted by atomic mass is 32.2. The Bertz CT molecular complexity index is 358. The lowest BCUT2D eigenvalue weighted by Crippen LogP contribution is -2.05. The first kappa shape index (κ1) is 12.3. The summed E-state index contributed by atoms with van der Waals surface area (Å²) in [6, 6.07) is 5.04. The molecule has 0 aliphatic rings. The summed E-state index contributed by atoms with van der Waals surface area (Å²) in [7, 11) is 0. The van der Waals surface area contributed by atoms with Crippen molar-refractivity contribution < 1.29 is 19.4 Å². The second-order valence-corrected chi connectivity index (χ2v) is 3.91. The molecule has 0 radical (unpaired) electrons. The van der Waals surface area contributed by atoms with Gasteiger partial charge in [-0.15, -0.1) is 17.0 Å². The highest BCUT2D eigenvalue weighted by Gasteiger charge is 2.02. The van der Waals surface area contributed by atoms with E-state index in [9.17, 15) is 4.79 Å². The molecule has 5 nitrogen and oxygen atoms in total.